The highest BCUT2D eigenvalue weighted by Gasteiger charge is 2.08. The highest BCUT2D eigenvalue weighted by atomic mass is 16.4. The Morgan fingerprint density at radius 3 is 2.55 bits per heavy atom. The van der Waals surface area contributed by atoms with Gasteiger partial charge in [-0.3, -0.25) is 0 Å². The van der Waals surface area contributed by atoms with Crippen molar-refractivity contribution in [3.63, 3.8) is 0 Å². The molecule has 1 aromatic rings. The summed E-state index contributed by atoms with van der Waals surface area (Å²) in [5.41, 5.74) is 6.93. The van der Waals surface area contributed by atoms with Gasteiger partial charge in [0.05, 0.1) is 0 Å². The van der Waals surface area contributed by atoms with E-state index in [1.165, 1.54) is 5.56 Å². The van der Waals surface area contributed by atoms with Gasteiger partial charge in [-0.1, -0.05) is 49.3 Å². The summed E-state index contributed by atoms with van der Waals surface area (Å²) in [6, 6.07) is 10.6. The second-order valence-corrected chi connectivity index (χ2v) is 5.62. The molecule has 0 spiro atoms. The van der Waals surface area contributed by atoms with Crippen LogP contribution in [-0.4, -0.2) is 35.6 Å². The fraction of sp³-hybridized carbons (Fsp3) is 0.562. The number of nitrogens with zero attached hydrogens (tertiary/aromatic N) is 2. The van der Waals surface area contributed by atoms with Gasteiger partial charge in [-0.25, -0.2) is 0 Å². The van der Waals surface area contributed by atoms with Crippen molar-refractivity contribution >= 4 is 5.84 Å². The minimum atomic E-state index is 0.307. The molecule has 0 bridgehead atoms. The van der Waals surface area contributed by atoms with E-state index in [2.05, 4.69) is 48.2 Å². The molecule has 0 amide bonds. The van der Waals surface area contributed by atoms with Crippen LogP contribution in [0.15, 0.2) is 35.5 Å². The number of hydrogen-bond donors (Lipinski definition) is 2. The lowest BCUT2D eigenvalue weighted by molar-refractivity contribution is 0.246. The summed E-state index contributed by atoms with van der Waals surface area (Å²) >= 11 is 0. The number of nitrogens with two attached hydrogens (primary N) is 1. The predicted octanol–water partition coefficient (Wildman–Crippen LogP) is 2.71. The van der Waals surface area contributed by atoms with Gasteiger partial charge in [0.15, 0.2) is 0 Å². The molecular formula is C16H27N3O. The van der Waals surface area contributed by atoms with Crippen LogP contribution in [0.25, 0.3) is 0 Å². The van der Waals surface area contributed by atoms with Crippen molar-refractivity contribution < 1.29 is 5.21 Å². The largest absolute Gasteiger partial charge is 0.409 e. The molecule has 0 radical (unpaired) electrons. The van der Waals surface area contributed by atoms with Gasteiger partial charge < -0.3 is 15.8 Å². The van der Waals surface area contributed by atoms with Gasteiger partial charge in [-0.15, -0.1) is 0 Å². The average Bonchev–Trinajstić information content (AvgIpc) is 2.44. The minimum absolute atomic E-state index is 0.307. The smallest absolute Gasteiger partial charge is 0.140 e. The molecule has 0 saturated carbocycles. The normalized spacial score (nSPS) is 12.3. The van der Waals surface area contributed by atoms with E-state index in [0.717, 1.165) is 32.5 Å². The molecular weight excluding hydrogens is 250 g/mol. The molecule has 1 rings (SSSR count). The Balaban J connectivity index is 2.36. The quantitative estimate of drug-likeness (QED) is 0.316. The third-order valence-corrected chi connectivity index (χ3v) is 3.22. The molecule has 0 fully saturated rings. The summed E-state index contributed by atoms with van der Waals surface area (Å²) in [7, 11) is 0. The van der Waals surface area contributed by atoms with Crippen LogP contribution < -0.4 is 5.73 Å². The van der Waals surface area contributed by atoms with E-state index in [4.69, 9.17) is 10.9 Å². The van der Waals surface area contributed by atoms with Crippen LogP contribution in [-0.2, 0) is 6.42 Å². The maximum atomic E-state index is 8.60. The molecule has 0 unspecified atom stereocenters. The van der Waals surface area contributed by atoms with Gasteiger partial charge in [0.1, 0.15) is 5.84 Å². The Bertz CT molecular complexity index is 390. The van der Waals surface area contributed by atoms with Gasteiger partial charge in [0, 0.05) is 19.5 Å². The lowest BCUT2D eigenvalue weighted by Gasteiger charge is -2.24. The average molecular weight is 277 g/mol. The first-order valence-corrected chi connectivity index (χ1v) is 7.34. The number of amidine groups is 1. The molecule has 4 heteroatoms. The first-order chi connectivity index (χ1) is 9.61. The zero-order chi connectivity index (χ0) is 14.8. The van der Waals surface area contributed by atoms with Crippen LogP contribution in [0.3, 0.4) is 0 Å². The van der Waals surface area contributed by atoms with Gasteiger partial charge >= 0.3 is 0 Å². The number of hydrogen-bond acceptors (Lipinski definition) is 3. The monoisotopic (exact) mass is 277 g/mol. The molecule has 0 heterocycles. The Morgan fingerprint density at radius 2 is 1.95 bits per heavy atom. The van der Waals surface area contributed by atoms with E-state index < -0.39 is 0 Å². The molecule has 0 atom stereocenters. The van der Waals surface area contributed by atoms with Crippen molar-refractivity contribution in [1.82, 2.24) is 4.90 Å². The lowest BCUT2D eigenvalue weighted by Crippen LogP contribution is -2.32. The number of oxime groups is 1. The molecule has 0 aromatic heterocycles. The second-order valence-electron chi connectivity index (χ2n) is 5.62. The van der Waals surface area contributed by atoms with Crippen molar-refractivity contribution in [2.45, 2.75) is 33.1 Å². The van der Waals surface area contributed by atoms with Crippen LogP contribution in [0.4, 0.5) is 0 Å². The molecule has 0 aliphatic heterocycles. The van der Waals surface area contributed by atoms with Gasteiger partial charge in [-0.05, 0) is 30.9 Å². The Morgan fingerprint density at radius 1 is 1.25 bits per heavy atom. The molecule has 20 heavy (non-hydrogen) atoms. The van der Waals surface area contributed by atoms with Gasteiger partial charge in [0.2, 0.25) is 0 Å². The maximum absolute atomic E-state index is 8.60. The van der Waals surface area contributed by atoms with E-state index in [-0.39, 0.29) is 0 Å². The first kappa shape index (κ1) is 16.5. The third-order valence-electron chi connectivity index (χ3n) is 3.22. The SMILES string of the molecule is CC(C)CN(CCCc1ccccc1)CCC(N)=NO. The Kier molecular flexibility index (Phi) is 7.73. The van der Waals surface area contributed by atoms with Crippen LogP contribution >= 0.6 is 0 Å². The van der Waals surface area contributed by atoms with E-state index in [0.29, 0.717) is 18.2 Å². The minimum Gasteiger partial charge on any atom is -0.409 e. The summed E-state index contributed by atoms with van der Waals surface area (Å²) in [4.78, 5) is 2.39. The summed E-state index contributed by atoms with van der Waals surface area (Å²) in [6.45, 7) is 7.38. The highest BCUT2D eigenvalue weighted by Crippen LogP contribution is 2.06. The zero-order valence-electron chi connectivity index (χ0n) is 12.6. The molecule has 0 aliphatic rings. The summed E-state index contributed by atoms with van der Waals surface area (Å²) in [5.74, 6) is 0.931. The number of rotatable bonds is 9. The van der Waals surface area contributed by atoms with Crippen molar-refractivity contribution in [2.24, 2.45) is 16.8 Å². The summed E-state index contributed by atoms with van der Waals surface area (Å²) in [6.07, 6.45) is 2.85. The fourth-order valence-corrected chi connectivity index (χ4v) is 2.28. The van der Waals surface area contributed by atoms with Crippen LogP contribution in [0.2, 0.25) is 0 Å². The van der Waals surface area contributed by atoms with E-state index in [1.54, 1.807) is 0 Å². The fourth-order valence-electron chi connectivity index (χ4n) is 2.28. The molecule has 4 nitrogen and oxygen atoms in total. The first-order valence-electron chi connectivity index (χ1n) is 7.34. The summed E-state index contributed by atoms with van der Waals surface area (Å²) in [5, 5.41) is 11.6. The second kappa shape index (κ2) is 9.37. The highest BCUT2D eigenvalue weighted by molar-refractivity contribution is 5.79. The summed E-state index contributed by atoms with van der Waals surface area (Å²) < 4.78 is 0. The number of benzene rings is 1. The van der Waals surface area contributed by atoms with Crippen molar-refractivity contribution in [1.29, 1.82) is 0 Å². The van der Waals surface area contributed by atoms with E-state index in [9.17, 15) is 0 Å². The Hall–Kier alpha value is -1.55. The van der Waals surface area contributed by atoms with Crippen LogP contribution in [0.1, 0.15) is 32.3 Å². The van der Waals surface area contributed by atoms with E-state index >= 15 is 0 Å². The third kappa shape index (κ3) is 7.14. The van der Waals surface area contributed by atoms with Gasteiger partial charge in [-0.2, -0.15) is 0 Å². The number of aryl methyl sites for hydroxylation is 1. The molecule has 0 saturated heterocycles. The van der Waals surface area contributed by atoms with Gasteiger partial charge in [0.25, 0.3) is 0 Å². The topological polar surface area (TPSA) is 61.8 Å². The van der Waals surface area contributed by atoms with Crippen molar-refractivity contribution in [2.75, 3.05) is 19.6 Å². The standard InChI is InChI=1S/C16H27N3O/c1-14(2)13-19(12-10-16(17)18-20)11-6-9-15-7-4-3-5-8-15/h3-5,7-8,14,20H,6,9-13H2,1-2H3,(H2,17,18). The molecule has 3 N–H and O–H groups in total. The van der Waals surface area contributed by atoms with Crippen LogP contribution in [0.5, 0.6) is 0 Å². The van der Waals surface area contributed by atoms with Crippen LogP contribution in [0, 0.1) is 5.92 Å². The Labute approximate surface area is 122 Å². The maximum Gasteiger partial charge on any atom is 0.140 e. The van der Waals surface area contributed by atoms with Crippen molar-refractivity contribution in [3.05, 3.63) is 35.9 Å². The molecule has 112 valence electrons. The molecule has 0 aliphatic carbocycles. The predicted molar refractivity (Wildman–Crippen MR) is 84.1 cm³/mol. The van der Waals surface area contributed by atoms with Crippen molar-refractivity contribution in [3.8, 4) is 0 Å². The molecule has 1 aromatic carbocycles. The van der Waals surface area contributed by atoms with E-state index in [1.807, 2.05) is 6.07 Å². The lowest BCUT2D eigenvalue weighted by atomic mass is 10.1. The zero-order valence-corrected chi connectivity index (χ0v) is 12.6.